The molecular formula is C40H35N3. The summed E-state index contributed by atoms with van der Waals surface area (Å²) in [6.45, 7) is 5.03. The van der Waals surface area contributed by atoms with E-state index in [9.17, 15) is 5.26 Å². The van der Waals surface area contributed by atoms with Crippen molar-refractivity contribution >= 4 is 50.0 Å². The lowest BCUT2D eigenvalue weighted by atomic mass is 9.84. The number of anilines is 5. The maximum absolute atomic E-state index is 10.1. The molecule has 0 aromatic heterocycles. The Labute approximate surface area is 254 Å². The lowest BCUT2D eigenvalue weighted by Gasteiger charge is -2.34. The molecule has 1 aliphatic carbocycles. The van der Waals surface area contributed by atoms with Crippen molar-refractivity contribution in [2.75, 3.05) is 16.3 Å². The summed E-state index contributed by atoms with van der Waals surface area (Å²) in [5.41, 5.74) is 10.6. The van der Waals surface area contributed by atoms with Crippen LogP contribution < -0.4 is 9.80 Å². The van der Waals surface area contributed by atoms with Gasteiger partial charge in [-0.2, -0.15) is 5.26 Å². The summed E-state index contributed by atoms with van der Waals surface area (Å²) in [5.74, 6) is 0. The number of rotatable bonds is 4. The first kappa shape index (κ1) is 26.8. The van der Waals surface area contributed by atoms with Crippen molar-refractivity contribution in [2.45, 2.75) is 39.5 Å². The molecule has 1 heterocycles. The fourth-order valence-electron chi connectivity index (χ4n) is 7.08. The topological polar surface area (TPSA) is 30.3 Å². The van der Waals surface area contributed by atoms with Crippen LogP contribution in [0.2, 0.25) is 0 Å². The van der Waals surface area contributed by atoms with Gasteiger partial charge >= 0.3 is 0 Å². The first-order chi connectivity index (χ1) is 21.3. The predicted molar refractivity (Wildman–Crippen MR) is 181 cm³/mol. The summed E-state index contributed by atoms with van der Waals surface area (Å²) < 4.78 is 0. The second kappa shape index (κ2) is 11.3. The average molecular weight is 558 g/mol. The van der Waals surface area contributed by atoms with E-state index < -0.39 is 0 Å². The van der Waals surface area contributed by atoms with Crippen molar-refractivity contribution in [1.29, 1.82) is 5.26 Å². The molecule has 0 saturated heterocycles. The molecule has 0 bridgehead atoms. The molecule has 0 unspecified atom stereocenters. The smallest absolute Gasteiger partial charge is 0.101 e. The van der Waals surface area contributed by atoms with Gasteiger partial charge in [-0.3, -0.25) is 0 Å². The maximum Gasteiger partial charge on any atom is 0.101 e. The molecule has 210 valence electrons. The molecule has 8 rings (SSSR count). The number of hydrogen-bond donors (Lipinski definition) is 0. The molecule has 0 saturated carbocycles. The number of benzene rings is 6. The van der Waals surface area contributed by atoms with Crippen molar-refractivity contribution in [2.24, 2.45) is 0 Å². The summed E-state index contributed by atoms with van der Waals surface area (Å²) in [5, 5.41) is 15.4. The fourth-order valence-corrected chi connectivity index (χ4v) is 7.08. The van der Waals surface area contributed by atoms with Crippen LogP contribution in [0.5, 0.6) is 0 Å². The zero-order valence-corrected chi connectivity index (χ0v) is 24.8. The van der Waals surface area contributed by atoms with Gasteiger partial charge in [-0.25, -0.2) is 0 Å². The lowest BCUT2D eigenvalue weighted by Crippen LogP contribution is -2.24. The Hall–Kier alpha value is -5.07. The molecule has 0 spiro atoms. The second-order valence-corrected chi connectivity index (χ2v) is 11.1. The number of nitrogens with zero attached hydrogens (tertiary/aromatic N) is 3. The average Bonchev–Trinajstić information content (AvgIpc) is 3.09. The molecule has 0 atom stereocenters. The lowest BCUT2D eigenvalue weighted by molar-refractivity contribution is 0.768. The van der Waals surface area contributed by atoms with E-state index in [4.69, 9.17) is 0 Å². The van der Waals surface area contributed by atoms with Gasteiger partial charge in [0.25, 0.3) is 0 Å². The number of nitriles is 1. The summed E-state index contributed by atoms with van der Waals surface area (Å²) in [4.78, 5) is 4.81. The Kier molecular flexibility index (Phi) is 7.05. The van der Waals surface area contributed by atoms with Gasteiger partial charge in [-0.15, -0.1) is 0 Å². The molecule has 1 aliphatic heterocycles. The standard InChI is InChI=1S/C38H29N3.C2H6/c39-25-29-10-5-7-15-34(29)41(30-12-2-1-3-13-30)36-23-19-28-16-20-31-35(22-18-27-17-21-32(36)38(28)37(27)31)40-24-8-11-26-9-4-6-14-33(26)40;1-2/h1-7,9-10,12-16,18-20,22-23H,8,11,17,21,24H2;1-2H3. The van der Waals surface area contributed by atoms with Gasteiger partial charge in [0.05, 0.1) is 16.9 Å². The summed E-state index contributed by atoms with van der Waals surface area (Å²) >= 11 is 0. The van der Waals surface area contributed by atoms with Crippen LogP contribution in [0.15, 0.2) is 115 Å². The summed E-state index contributed by atoms with van der Waals surface area (Å²) in [6, 6.07) is 43.5. The van der Waals surface area contributed by atoms with E-state index in [0.717, 1.165) is 49.3 Å². The van der Waals surface area contributed by atoms with Crippen LogP contribution in [0.25, 0.3) is 21.5 Å². The van der Waals surface area contributed by atoms with Gasteiger partial charge in [0.1, 0.15) is 6.07 Å². The predicted octanol–water partition coefficient (Wildman–Crippen LogP) is 10.5. The molecule has 6 aromatic carbocycles. The van der Waals surface area contributed by atoms with Crippen LogP contribution in [0.4, 0.5) is 28.4 Å². The second-order valence-electron chi connectivity index (χ2n) is 11.1. The Morgan fingerprint density at radius 2 is 1.40 bits per heavy atom. The Balaban J connectivity index is 0.00000147. The monoisotopic (exact) mass is 557 g/mol. The molecule has 0 fully saturated rings. The van der Waals surface area contributed by atoms with Crippen molar-refractivity contribution in [1.82, 2.24) is 0 Å². The minimum atomic E-state index is 0.670. The fraction of sp³-hybridized carbons (Fsp3) is 0.175. The van der Waals surface area contributed by atoms with Crippen LogP contribution >= 0.6 is 0 Å². The summed E-state index contributed by atoms with van der Waals surface area (Å²) in [7, 11) is 0. The van der Waals surface area contributed by atoms with E-state index in [-0.39, 0.29) is 0 Å². The van der Waals surface area contributed by atoms with Crippen molar-refractivity contribution in [3.63, 3.8) is 0 Å². The third kappa shape index (κ3) is 4.42. The minimum Gasteiger partial charge on any atom is -0.341 e. The first-order valence-electron chi connectivity index (χ1n) is 15.5. The van der Waals surface area contributed by atoms with Crippen molar-refractivity contribution in [3.8, 4) is 6.07 Å². The van der Waals surface area contributed by atoms with E-state index in [0.29, 0.717) is 5.56 Å². The van der Waals surface area contributed by atoms with Crippen LogP contribution in [0, 0.1) is 11.3 Å². The van der Waals surface area contributed by atoms with Crippen molar-refractivity contribution in [3.05, 3.63) is 138 Å². The van der Waals surface area contributed by atoms with Gasteiger partial charge in [0, 0.05) is 29.0 Å². The van der Waals surface area contributed by atoms with Gasteiger partial charge in [-0.05, 0) is 101 Å². The first-order valence-corrected chi connectivity index (χ1v) is 15.5. The SMILES string of the molecule is CC.N#Cc1ccccc1N(c1ccccc1)c1ccc2ccc3c(N4CCCc5ccccc54)ccc4c3c2c1CC4. The highest BCUT2D eigenvalue weighted by Gasteiger charge is 2.26. The van der Waals surface area contributed by atoms with Gasteiger partial charge in [-0.1, -0.05) is 86.6 Å². The largest absolute Gasteiger partial charge is 0.341 e. The van der Waals surface area contributed by atoms with E-state index in [1.54, 1.807) is 0 Å². The van der Waals surface area contributed by atoms with Crippen LogP contribution in [0.3, 0.4) is 0 Å². The van der Waals surface area contributed by atoms with Crippen LogP contribution in [-0.4, -0.2) is 6.54 Å². The molecule has 43 heavy (non-hydrogen) atoms. The summed E-state index contributed by atoms with van der Waals surface area (Å²) in [6.07, 6.45) is 4.26. The number of fused-ring (bicyclic) bond motifs is 1. The normalized spacial score (nSPS) is 13.3. The van der Waals surface area contributed by atoms with E-state index >= 15 is 0 Å². The molecule has 2 aliphatic rings. The minimum absolute atomic E-state index is 0.670. The Morgan fingerprint density at radius 3 is 2.26 bits per heavy atom. The molecule has 6 aromatic rings. The maximum atomic E-state index is 10.1. The van der Waals surface area contributed by atoms with Gasteiger partial charge in [0.2, 0.25) is 0 Å². The highest BCUT2D eigenvalue weighted by atomic mass is 15.2. The van der Waals surface area contributed by atoms with Gasteiger partial charge in [0.15, 0.2) is 0 Å². The van der Waals surface area contributed by atoms with Crippen molar-refractivity contribution < 1.29 is 0 Å². The molecule has 0 N–H and O–H groups in total. The highest BCUT2D eigenvalue weighted by Crippen LogP contribution is 2.47. The molecule has 3 nitrogen and oxygen atoms in total. The van der Waals surface area contributed by atoms with E-state index in [1.807, 2.05) is 38.1 Å². The van der Waals surface area contributed by atoms with E-state index in [2.05, 4.69) is 107 Å². The van der Waals surface area contributed by atoms with E-state index in [1.165, 1.54) is 49.6 Å². The molecular weight excluding hydrogens is 522 g/mol. The zero-order valence-electron chi connectivity index (χ0n) is 24.8. The number of aryl methyl sites for hydroxylation is 3. The molecule has 0 amide bonds. The Morgan fingerprint density at radius 1 is 0.628 bits per heavy atom. The molecule has 0 radical (unpaired) electrons. The molecule has 3 heteroatoms. The third-order valence-electron chi connectivity index (χ3n) is 8.87. The zero-order chi connectivity index (χ0) is 29.3. The highest BCUT2D eigenvalue weighted by molar-refractivity contribution is 6.17. The Bertz CT molecular complexity index is 2000. The van der Waals surface area contributed by atoms with Crippen LogP contribution in [-0.2, 0) is 19.3 Å². The third-order valence-corrected chi connectivity index (χ3v) is 8.87. The number of para-hydroxylation sites is 3. The number of hydrogen-bond acceptors (Lipinski definition) is 3. The van der Waals surface area contributed by atoms with Gasteiger partial charge < -0.3 is 9.80 Å². The van der Waals surface area contributed by atoms with Crippen LogP contribution in [0.1, 0.15) is 42.5 Å². The quantitative estimate of drug-likeness (QED) is 0.202.